The van der Waals surface area contributed by atoms with E-state index in [-0.39, 0.29) is 19.6 Å². The Morgan fingerprint density at radius 1 is 0.829 bits per heavy atom. The average Bonchev–Trinajstić information content (AvgIpc) is 3.21. The monoisotopic (exact) mass is 471 g/mol. The van der Waals surface area contributed by atoms with Gasteiger partial charge in [0.1, 0.15) is 0 Å². The topological polar surface area (TPSA) is 82.5 Å². The molecule has 0 unspecified atom stereocenters. The van der Waals surface area contributed by atoms with E-state index in [9.17, 15) is 9.59 Å². The van der Waals surface area contributed by atoms with Crippen LogP contribution in [0.2, 0.25) is 0 Å². The van der Waals surface area contributed by atoms with Crippen molar-refractivity contribution >= 4 is 34.6 Å². The predicted octanol–water partition coefficient (Wildman–Crippen LogP) is 5.11. The molecule has 0 aliphatic heterocycles. The van der Waals surface area contributed by atoms with Crippen LogP contribution in [0, 0.1) is 5.92 Å². The highest BCUT2D eigenvalue weighted by Crippen LogP contribution is 2.25. The minimum atomic E-state index is -0.983. The molecule has 0 radical (unpaired) electrons. The molecule has 0 aliphatic carbocycles. The summed E-state index contributed by atoms with van der Waals surface area (Å²) in [6.07, 6.45) is 0.213. The zero-order valence-corrected chi connectivity index (χ0v) is 19.9. The first kappa shape index (κ1) is 24.0. The van der Waals surface area contributed by atoms with Crippen LogP contribution in [0.4, 0.5) is 11.6 Å². The fourth-order valence-electron chi connectivity index (χ4n) is 3.93. The molecule has 0 saturated heterocycles. The van der Waals surface area contributed by atoms with Gasteiger partial charge in [0.25, 0.3) is 0 Å². The van der Waals surface area contributed by atoms with Crippen LogP contribution in [-0.4, -0.2) is 34.7 Å². The van der Waals surface area contributed by atoms with Crippen molar-refractivity contribution in [3.05, 3.63) is 90.0 Å². The van der Waals surface area contributed by atoms with Crippen molar-refractivity contribution < 1.29 is 19.1 Å². The second-order valence-electron chi connectivity index (χ2n) is 8.08. The third-order valence-electron chi connectivity index (χ3n) is 5.63. The summed E-state index contributed by atoms with van der Waals surface area (Å²) >= 11 is 0. The van der Waals surface area contributed by atoms with Gasteiger partial charge in [0.15, 0.2) is 5.92 Å². The van der Waals surface area contributed by atoms with Crippen LogP contribution in [0.5, 0.6) is 0 Å². The Morgan fingerprint density at radius 3 is 2.11 bits per heavy atom. The number of para-hydroxylation sites is 2. The van der Waals surface area contributed by atoms with Crippen LogP contribution in [0.1, 0.15) is 25.0 Å². The molecule has 0 saturated carbocycles. The summed E-state index contributed by atoms with van der Waals surface area (Å²) in [5.41, 5.74) is 4.82. The fraction of sp³-hybridized carbons (Fsp3) is 0.250. The van der Waals surface area contributed by atoms with E-state index in [0.29, 0.717) is 6.54 Å². The van der Waals surface area contributed by atoms with Crippen LogP contribution in [0.25, 0.3) is 11.0 Å². The van der Waals surface area contributed by atoms with E-state index in [1.54, 1.807) is 13.8 Å². The number of rotatable bonds is 10. The Hall–Kier alpha value is -4.13. The lowest BCUT2D eigenvalue weighted by molar-refractivity contribution is -0.161. The average molecular weight is 472 g/mol. The number of hydrogen-bond acceptors (Lipinski definition) is 6. The third kappa shape index (κ3) is 5.87. The minimum Gasteiger partial charge on any atom is -0.465 e. The molecule has 0 bridgehead atoms. The number of imidazole rings is 1. The number of hydrogen-bond donors (Lipinski definition) is 1. The first-order valence-electron chi connectivity index (χ1n) is 11.8. The molecule has 180 valence electrons. The van der Waals surface area contributed by atoms with E-state index < -0.39 is 17.9 Å². The molecule has 0 spiro atoms. The Bertz CT molecular complexity index is 1260. The molecule has 1 aromatic heterocycles. The van der Waals surface area contributed by atoms with Gasteiger partial charge in [0.2, 0.25) is 5.95 Å². The standard InChI is InChI=1S/C28H29N3O4/c1-3-34-26(32)23(27(33)35-4-2)18-20-14-16-22(17-15-20)29-28-30-24-12-8-9-13-25(24)31(28)19-21-10-6-5-7-11-21/h5-17,23H,3-4,18-19H2,1-2H3,(H,29,30). The van der Waals surface area contributed by atoms with Crippen LogP contribution in [0.3, 0.4) is 0 Å². The van der Waals surface area contributed by atoms with Gasteiger partial charge in [-0.05, 0) is 55.7 Å². The quantitative estimate of drug-likeness (QED) is 0.256. The lowest BCUT2D eigenvalue weighted by atomic mass is 9.99. The summed E-state index contributed by atoms with van der Waals surface area (Å²) in [6.45, 7) is 4.53. The van der Waals surface area contributed by atoms with E-state index in [4.69, 9.17) is 14.5 Å². The van der Waals surface area contributed by atoms with E-state index in [1.807, 2.05) is 60.7 Å². The second kappa shape index (κ2) is 11.3. The van der Waals surface area contributed by atoms with Gasteiger partial charge in [0, 0.05) is 5.69 Å². The maximum absolute atomic E-state index is 12.3. The number of nitrogens with one attached hydrogen (secondary N) is 1. The van der Waals surface area contributed by atoms with E-state index in [2.05, 4.69) is 28.1 Å². The highest BCUT2D eigenvalue weighted by Gasteiger charge is 2.29. The summed E-state index contributed by atoms with van der Waals surface area (Å²) < 4.78 is 12.3. The molecule has 35 heavy (non-hydrogen) atoms. The van der Waals surface area contributed by atoms with E-state index in [1.165, 1.54) is 5.56 Å². The van der Waals surface area contributed by atoms with Crippen molar-refractivity contribution in [2.45, 2.75) is 26.8 Å². The molecule has 0 atom stereocenters. The van der Waals surface area contributed by atoms with Gasteiger partial charge in [-0.2, -0.15) is 0 Å². The maximum Gasteiger partial charge on any atom is 0.320 e. The zero-order chi connectivity index (χ0) is 24.6. The van der Waals surface area contributed by atoms with Gasteiger partial charge in [-0.25, -0.2) is 4.98 Å². The van der Waals surface area contributed by atoms with Gasteiger partial charge in [-0.15, -0.1) is 0 Å². The SMILES string of the molecule is CCOC(=O)C(Cc1ccc(Nc2nc3ccccc3n2Cc2ccccc2)cc1)C(=O)OCC. The summed E-state index contributed by atoms with van der Waals surface area (Å²) in [7, 11) is 0. The number of fused-ring (bicyclic) bond motifs is 1. The number of ether oxygens (including phenoxy) is 2. The molecule has 0 amide bonds. The molecular formula is C28H29N3O4. The number of aromatic nitrogens is 2. The van der Waals surface area contributed by atoms with Crippen molar-refractivity contribution in [3.8, 4) is 0 Å². The number of benzene rings is 3. The van der Waals surface area contributed by atoms with Gasteiger partial charge in [0.05, 0.1) is 30.8 Å². The number of nitrogens with zero attached hydrogens (tertiary/aromatic N) is 2. The highest BCUT2D eigenvalue weighted by molar-refractivity contribution is 5.95. The number of carbonyl (C=O) groups excluding carboxylic acids is 2. The molecule has 7 nitrogen and oxygen atoms in total. The van der Waals surface area contributed by atoms with Crippen LogP contribution < -0.4 is 5.32 Å². The molecule has 7 heteroatoms. The second-order valence-corrected chi connectivity index (χ2v) is 8.08. The van der Waals surface area contributed by atoms with E-state index >= 15 is 0 Å². The van der Waals surface area contributed by atoms with Crippen LogP contribution in [-0.2, 0) is 32.0 Å². The number of anilines is 2. The molecule has 0 fully saturated rings. The summed E-state index contributed by atoms with van der Waals surface area (Å²) in [5, 5.41) is 3.42. The van der Waals surface area contributed by atoms with Gasteiger partial charge in [-0.3, -0.25) is 9.59 Å². The van der Waals surface area contributed by atoms with Crippen LogP contribution >= 0.6 is 0 Å². The Labute approximate surface area is 204 Å². The third-order valence-corrected chi connectivity index (χ3v) is 5.63. The Kier molecular flexibility index (Phi) is 7.77. The lowest BCUT2D eigenvalue weighted by Crippen LogP contribution is -2.30. The summed E-state index contributed by atoms with van der Waals surface area (Å²) in [5.74, 6) is -1.38. The Balaban J connectivity index is 1.54. The molecule has 0 aliphatic rings. The smallest absolute Gasteiger partial charge is 0.320 e. The van der Waals surface area contributed by atoms with Gasteiger partial charge >= 0.3 is 11.9 Å². The first-order chi connectivity index (χ1) is 17.1. The van der Waals surface area contributed by atoms with Crippen molar-refractivity contribution in [3.63, 3.8) is 0 Å². The molecule has 3 aromatic carbocycles. The summed E-state index contributed by atoms with van der Waals surface area (Å²) in [6, 6.07) is 25.9. The minimum absolute atomic E-state index is 0.210. The first-order valence-corrected chi connectivity index (χ1v) is 11.8. The molecule has 4 aromatic rings. The zero-order valence-electron chi connectivity index (χ0n) is 19.9. The number of carbonyl (C=O) groups is 2. The van der Waals surface area contributed by atoms with Crippen molar-refractivity contribution in [2.75, 3.05) is 18.5 Å². The van der Waals surface area contributed by atoms with Crippen LogP contribution in [0.15, 0.2) is 78.9 Å². The van der Waals surface area contributed by atoms with E-state index in [0.717, 1.165) is 28.2 Å². The molecular weight excluding hydrogens is 442 g/mol. The van der Waals surface area contributed by atoms with Crippen molar-refractivity contribution in [1.29, 1.82) is 0 Å². The maximum atomic E-state index is 12.3. The fourth-order valence-corrected chi connectivity index (χ4v) is 3.93. The predicted molar refractivity (Wildman–Crippen MR) is 135 cm³/mol. The largest absolute Gasteiger partial charge is 0.465 e. The van der Waals surface area contributed by atoms with Crippen molar-refractivity contribution in [2.24, 2.45) is 5.92 Å². The molecule has 4 rings (SSSR count). The van der Waals surface area contributed by atoms with Gasteiger partial charge in [-0.1, -0.05) is 54.6 Å². The number of esters is 2. The molecule has 1 N–H and O–H groups in total. The molecule has 1 heterocycles. The summed E-state index contributed by atoms with van der Waals surface area (Å²) in [4.78, 5) is 29.4. The van der Waals surface area contributed by atoms with Crippen molar-refractivity contribution in [1.82, 2.24) is 9.55 Å². The Morgan fingerprint density at radius 2 is 1.46 bits per heavy atom. The lowest BCUT2D eigenvalue weighted by Gasteiger charge is -2.15. The van der Waals surface area contributed by atoms with Gasteiger partial charge < -0.3 is 19.4 Å². The normalized spacial score (nSPS) is 10.9. The highest BCUT2D eigenvalue weighted by atomic mass is 16.6.